The van der Waals surface area contributed by atoms with E-state index >= 15 is 0 Å². The van der Waals surface area contributed by atoms with Gasteiger partial charge in [0, 0.05) is 24.0 Å². The summed E-state index contributed by atoms with van der Waals surface area (Å²) in [5.74, 6) is 0. The second kappa shape index (κ2) is 6.11. The zero-order chi connectivity index (χ0) is 14.7. The van der Waals surface area contributed by atoms with E-state index in [0.29, 0.717) is 11.6 Å². The van der Waals surface area contributed by atoms with Gasteiger partial charge in [0.25, 0.3) is 0 Å². The molecule has 21 heavy (non-hydrogen) atoms. The Morgan fingerprint density at radius 1 is 1.38 bits per heavy atom. The van der Waals surface area contributed by atoms with Crippen LogP contribution in [0.3, 0.4) is 0 Å². The first-order valence-electron chi connectivity index (χ1n) is 6.61. The van der Waals surface area contributed by atoms with Gasteiger partial charge < -0.3 is 0 Å². The SMILES string of the molecule is O=C(NOCc1cccnc1)N1CCc2c(Cl)cccc21. The number of carbonyl (C=O) groups excluding carboxylic acids is 1. The highest BCUT2D eigenvalue weighted by atomic mass is 35.5. The van der Waals surface area contributed by atoms with Crippen molar-refractivity contribution < 1.29 is 9.63 Å². The Morgan fingerprint density at radius 2 is 2.29 bits per heavy atom. The van der Waals surface area contributed by atoms with E-state index in [4.69, 9.17) is 16.4 Å². The fourth-order valence-electron chi connectivity index (χ4n) is 2.32. The average molecular weight is 304 g/mol. The highest BCUT2D eigenvalue weighted by Crippen LogP contribution is 2.33. The van der Waals surface area contributed by atoms with E-state index in [1.807, 2.05) is 30.3 Å². The Hall–Kier alpha value is -2.11. The van der Waals surface area contributed by atoms with Gasteiger partial charge in [-0.2, -0.15) is 0 Å². The molecule has 108 valence electrons. The summed E-state index contributed by atoms with van der Waals surface area (Å²) in [5, 5.41) is 0.694. The molecule has 0 saturated heterocycles. The molecule has 1 aliphatic rings. The summed E-state index contributed by atoms with van der Waals surface area (Å²) in [7, 11) is 0. The van der Waals surface area contributed by atoms with Crippen LogP contribution in [0.5, 0.6) is 0 Å². The molecule has 0 spiro atoms. The number of hydrogen-bond donors (Lipinski definition) is 1. The smallest absolute Gasteiger partial charge is 0.292 e. The van der Waals surface area contributed by atoms with Gasteiger partial charge in [-0.05, 0) is 35.7 Å². The van der Waals surface area contributed by atoms with Crippen molar-refractivity contribution in [3.8, 4) is 0 Å². The van der Waals surface area contributed by atoms with Gasteiger partial charge in [0.15, 0.2) is 0 Å². The number of pyridine rings is 1. The lowest BCUT2D eigenvalue weighted by molar-refractivity contribution is 0.0513. The molecule has 1 N–H and O–H groups in total. The largest absolute Gasteiger partial charge is 0.345 e. The number of carbonyl (C=O) groups is 1. The molecule has 1 aromatic carbocycles. The van der Waals surface area contributed by atoms with Crippen LogP contribution in [0.25, 0.3) is 0 Å². The number of amides is 2. The normalized spacial score (nSPS) is 13.1. The topological polar surface area (TPSA) is 54.5 Å². The van der Waals surface area contributed by atoms with E-state index < -0.39 is 0 Å². The van der Waals surface area contributed by atoms with Crippen LogP contribution in [-0.2, 0) is 17.9 Å². The predicted molar refractivity (Wildman–Crippen MR) is 80.1 cm³/mol. The fraction of sp³-hybridized carbons (Fsp3) is 0.200. The van der Waals surface area contributed by atoms with Crippen molar-refractivity contribution in [3.63, 3.8) is 0 Å². The number of fused-ring (bicyclic) bond motifs is 1. The molecule has 0 saturated carbocycles. The second-order valence-electron chi connectivity index (χ2n) is 4.70. The summed E-state index contributed by atoms with van der Waals surface area (Å²) in [6, 6.07) is 8.96. The molecule has 5 nitrogen and oxygen atoms in total. The van der Waals surface area contributed by atoms with Gasteiger partial charge in [0.2, 0.25) is 0 Å². The molecule has 0 fully saturated rings. The van der Waals surface area contributed by atoms with Crippen LogP contribution in [0.2, 0.25) is 5.02 Å². The van der Waals surface area contributed by atoms with Gasteiger partial charge in [0.1, 0.15) is 6.61 Å². The molecular formula is C15H14ClN3O2. The number of hydroxylamine groups is 1. The zero-order valence-corrected chi connectivity index (χ0v) is 12.0. The molecule has 0 unspecified atom stereocenters. The first-order valence-corrected chi connectivity index (χ1v) is 6.99. The summed E-state index contributed by atoms with van der Waals surface area (Å²) in [6.07, 6.45) is 4.13. The Kier molecular flexibility index (Phi) is 4.03. The number of nitrogens with one attached hydrogen (secondary N) is 1. The van der Waals surface area contributed by atoms with Crippen LogP contribution >= 0.6 is 11.6 Å². The number of rotatable bonds is 3. The number of anilines is 1. The van der Waals surface area contributed by atoms with Gasteiger partial charge in [0.05, 0.1) is 5.69 Å². The molecule has 0 atom stereocenters. The number of halogens is 1. The highest BCUT2D eigenvalue weighted by Gasteiger charge is 2.26. The van der Waals surface area contributed by atoms with Gasteiger partial charge in [-0.25, -0.2) is 10.3 Å². The van der Waals surface area contributed by atoms with E-state index in [2.05, 4.69) is 10.5 Å². The van der Waals surface area contributed by atoms with E-state index in [0.717, 1.165) is 23.2 Å². The number of hydrogen-bond acceptors (Lipinski definition) is 3. The predicted octanol–water partition coefficient (Wildman–Crippen LogP) is 2.94. The van der Waals surface area contributed by atoms with Crippen LogP contribution < -0.4 is 10.4 Å². The van der Waals surface area contributed by atoms with Crippen molar-refractivity contribution in [2.24, 2.45) is 0 Å². The summed E-state index contributed by atoms with van der Waals surface area (Å²) in [5.41, 5.74) is 5.18. The molecule has 3 rings (SSSR count). The third-order valence-corrected chi connectivity index (χ3v) is 3.69. The second-order valence-corrected chi connectivity index (χ2v) is 5.10. The summed E-state index contributed by atoms with van der Waals surface area (Å²) in [4.78, 5) is 23.0. The number of urea groups is 1. The number of nitrogens with zero attached hydrogens (tertiary/aromatic N) is 2. The van der Waals surface area contributed by atoms with Crippen LogP contribution in [0.15, 0.2) is 42.7 Å². The Balaban J connectivity index is 1.59. The number of benzene rings is 1. The van der Waals surface area contributed by atoms with Gasteiger partial charge in [-0.1, -0.05) is 23.7 Å². The summed E-state index contributed by atoms with van der Waals surface area (Å²) < 4.78 is 0. The molecule has 1 aromatic heterocycles. The molecule has 0 radical (unpaired) electrons. The van der Waals surface area contributed by atoms with Gasteiger partial charge in [-0.15, -0.1) is 0 Å². The minimum atomic E-state index is -0.292. The van der Waals surface area contributed by atoms with Crippen LogP contribution in [0.1, 0.15) is 11.1 Å². The molecule has 1 aliphatic heterocycles. The molecule has 0 bridgehead atoms. The van der Waals surface area contributed by atoms with Crippen molar-refractivity contribution in [2.45, 2.75) is 13.0 Å². The van der Waals surface area contributed by atoms with E-state index in [-0.39, 0.29) is 12.6 Å². The highest BCUT2D eigenvalue weighted by molar-refractivity contribution is 6.32. The lowest BCUT2D eigenvalue weighted by atomic mass is 10.2. The molecule has 2 aromatic rings. The third-order valence-electron chi connectivity index (χ3n) is 3.34. The lowest BCUT2D eigenvalue weighted by Crippen LogP contribution is -2.38. The molecule has 2 amide bonds. The quantitative estimate of drug-likeness (QED) is 0.887. The van der Waals surface area contributed by atoms with Crippen LogP contribution in [0, 0.1) is 0 Å². The van der Waals surface area contributed by atoms with Crippen LogP contribution in [0.4, 0.5) is 10.5 Å². The average Bonchev–Trinajstić information content (AvgIpc) is 2.94. The van der Waals surface area contributed by atoms with Crippen molar-refractivity contribution in [1.82, 2.24) is 10.5 Å². The maximum absolute atomic E-state index is 12.1. The maximum Gasteiger partial charge on any atom is 0.345 e. The van der Waals surface area contributed by atoms with Gasteiger partial charge >= 0.3 is 6.03 Å². The summed E-state index contributed by atoms with van der Waals surface area (Å²) in [6.45, 7) is 0.872. The zero-order valence-electron chi connectivity index (χ0n) is 11.3. The molecule has 0 aliphatic carbocycles. The maximum atomic E-state index is 12.1. The van der Waals surface area contributed by atoms with Crippen LogP contribution in [-0.4, -0.2) is 17.6 Å². The van der Waals surface area contributed by atoms with Crippen molar-refractivity contribution in [3.05, 3.63) is 58.9 Å². The Morgan fingerprint density at radius 3 is 3.10 bits per heavy atom. The third kappa shape index (κ3) is 2.99. The Labute approximate surface area is 127 Å². The first-order chi connectivity index (χ1) is 10.3. The van der Waals surface area contributed by atoms with E-state index in [9.17, 15) is 4.79 Å². The first kappa shape index (κ1) is 13.9. The van der Waals surface area contributed by atoms with E-state index in [1.165, 1.54) is 0 Å². The molecule has 2 heterocycles. The monoisotopic (exact) mass is 303 g/mol. The molecular weight excluding hydrogens is 290 g/mol. The minimum absolute atomic E-state index is 0.274. The van der Waals surface area contributed by atoms with E-state index in [1.54, 1.807) is 17.3 Å². The van der Waals surface area contributed by atoms with Crippen molar-refractivity contribution in [2.75, 3.05) is 11.4 Å². The lowest BCUT2D eigenvalue weighted by Gasteiger charge is -2.17. The van der Waals surface area contributed by atoms with Gasteiger partial charge in [-0.3, -0.25) is 14.7 Å². The fourth-order valence-corrected chi connectivity index (χ4v) is 2.59. The van der Waals surface area contributed by atoms with Crippen molar-refractivity contribution >= 4 is 23.3 Å². The Bertz CT molecular complexity index is 649. The number of aromatic nitrogens is 1. The van der Waals surface area contributed by atoms with Crippen molar-refractivity contribution in [1.29, 1.82) is 0 Å². The molecule has 6 heteroatoms. The standard InChI is InChI=1S/C15H14ClN3O2/c16-13-4-1-5-14-12(13)6-8-19(14)15(20)18-21-10-11-3-2-7-17-9-11/h1-5,7,9H,6,8,10H2,(H,18,20). The minimum Gasteiger partial charge on any atom is -0.292 e. The summed E-state index contributed by atoms with van der Waals surface area (Å²) >= 11 is 6.13.